The average Bonchev–Trinajstić information content (AvgIpc) is 2.67. The lowest BCUT2D eigenvalue weighted by Gasteiger charge is -2.23. The Morgan fingerprint density at radius 2 is 2.00 bits per heavy atom. The van der Waals surface area contributed by atoms with E-state index in [0.29, 0.717) is 22.6 Å². The highest BCUT2D eigenvalue weighted by Gasteiger charge is 2.29. The summed E-state index contributed by atoms with van der Waals surface area (Å²) in [5, 5.41) is 7.02. The van der Waals surface area contributed by atoms with E-state index in [0.717, 1.165) is 17.0 Å². The molecular weight excluding hydrogens is 378 g/mol. The molecular formula is C20H19ClN5O2+. The van der Waals surface area contributed by atoms with Gasteiger partial charge in [0.05, 0.1) is 12.8 Å². The van der Waals surface area contributed by atoms with Crippen molar-refractivity contribution in [3.63, 3.8) is 0 Å². The van der Waals surface area contributed by atoms with Crippen molar-refractivity contribution in [2.75, 3.05) is 17.7 Å². The maximum Gasteiger partial charge on any atom is 0.357 e. The van der Waals surface area contributed by atoms with E-state index >= 15 is 0 Å². The number of fused-ring (bicyclic) bond motifs is 1. The van der Waals surface area contributed by atoms with Gasteiger partial charge in [-0.3, -0.25) is 9.79 Å². The number of aryl methyl sites for hydroxylation is 1. The van der Waals surface area contributed by atoms with Gasteiger partial charge in [-0.1, -0.05) is 23.7 Å². The molecule has 0 radical (unpaired) electrons. The molecule has 2 aromatic carbocycles. The zero-order valence-electron chi connectivity index (χ0n) is 15.4. The molecule has 0 bridgehead atoms. The van der Waals surface area contributed by atoms with E-state index in [2.05, 4.69) is 20.6 Å². The van der Waals surface area contributed by atoms with Crippen LogP contribution in [0.15, 0.2) is 59.4 Å². The summed E-state index contributed by atoms with van der Waals surface area (Å²) in [5.41, 5.74) is 2.18. The molecule has 142 valence electrons. The SMILES string of the molecule is COc1ccc(NC2=[NH+][C@@H](c3cccc(Cl)c3)n3c(nc(C)cc3=O)N2)cc1. The van der Waals surface area contributed by atoms with Gasteiger partial charge in [0.1, 0.15) is 5.75 Å². The molecule has 0 fully saturated rings. The van der Waals surface area contributed by atoms with Gasteiger partial charge in [-0.15, -0.1) is 0 Å². The van der Waals surface area contributed by atoms with Crippen LogP contribution in [0.5, 0.6) is 5.75 Å². The van der Waals surface area contributed by atoms with Crippen LogP contribution in [0.3, 0.4) is 0 Å². The van der Waals surface area contributed by atoms with Crippen molar-refractivity contribution < 1.29 is 9.73 Å². The molecule has 0 spiro atoms. The smallest absolute Gasteiger partial charge is 0.357 e. The molecule has 1 aliphatic rings. The molecule has 3 aromatic rings. The van der Waals surface area contributed by atoms with Crippen LogP contribution in [0.25, 0.3) is 0 Å². The van der Waals surface area contributed by atoms with E-state index in [4.69, 9.17) is 16.3 Å². The molecule has 0 amide bonds. The van der Waals surface area contributed by atoms with E-state index in [1.165, 1.54) is 6.07 Å². The van der Waals surface area contributed by atoms with Crippen LogP contribution in [-0.4, -0.2) is 22.6 Å². The fourth-order valence-corrected chi connectivity index (χ4v) is 3.29. The summed E-state index contributed by atoms with van der Waals surface area (Å²) in [6.07, 6.45) is -0.462. The highest BCUT2D eigenvalue weighted by molar-refractivity contribution is 6.30. The van der Waals surface area contributed by atoms with E-state index in [-0.39, 0.29) is 5.56 Å². The van der Waals surface area contributed by atoms with E-state index < -0.39 is 6.17 Å². The third-order valence-corrected chi connectivity index (χ3v) is 4.62. The Morgan fingerprint density at radius 3 is 2.71 bits per heavy atom. The summed E-state index contributed by atoms with van der Waals surface area (Å²) in [7, 11) is 1.62. The normalized spacial score (nSPS) is 15.2. The molecule has 1 aliphatic heterocycles. The number of hydrogen-bond donors (Lipinski definition) is 3. The predicted octanol–water partition coefficient (Wildman–Crippen LogP) is 1.73. The molecule has 0 saturated carbocycles. The van der Waals surface area contributed by atoms with Gasteiger partial charge in [0.15, 0.2) is 6.17 Å². The number of nitrogens with zero attached hydrogens (tertiary/aromatic N) is 2. The van der Waals surface area contributed by atoms with Crippen LogP contribution >= 0.6 is 11.6 Å². The Kier molecular flexibility index (Phi) is 4.75. The van der Waals surface area contributed by atoms with Crippen LogP contribution in [0.4, 0.5) is 11.6 Å². The first-order valence-electron chi connectivity index (χ1n) is 8.71. The lowest BCUT2D eigenvalue weighted by atomic mass is 10.1. The highest BCUT2D eigenvalue weighted by atomic mass is 35.5. The minimum Gasteiger partial charge on any atom is -0.497 e. The van der Waals surface area contributed by atoms with Crippen molar-refractivity contribution >= 4 is 29.2 Å². The zero-order chi connectivity index (χ0) is 19.7. The van der Waals surface area contributed by atoms with Crippen molar-refractivity contribution in [2.45, 2.75) is 13.1 Å². The number of benzene rings is 2. The van der Waals surface area contributed by atoms with Gasteiger partial charge in [-0.05, 0) is 43.3 Å². The van der Waals surface area contributed by atoms with Gasteiger partial charge in [0.25, 0.3) is 11.5 Å². The summed E-state index contributed by atoms with van der Waals surface area (Å²) < 4.78 is 6.76. The summed E-state index contributed by atoms with van der Waals surface area (Å²) in [4.78, 5) is 20.5. The second-order valence-corrected chi connectivity index (χ2v) is 6.82. The third-order valence-electron chi connectivity index (χ3n) is 4.38. The van der Waals surface area contributed by atoms with E-state index in [1.54, 1.807) is 24.7 Å². The first kappa shape index (κ1) is 18.1. The molecule has 2 heterocycles. The Balaban J connectivity index is 1.76. The standard InChI is InChI=1S/C20H18ClN5O2/c1-12-10-17(27)26-18(13-4-3-5-14(21)11-13)24-19(25-20(26)22-12)23-15-6-8-16(28-2)9-7-15/h3-11,18H,1-2H3,(H2,22,23,24,25)/p+1/t18-/m1/s1. The first-order chi connectivity index (χ1) is 13.5. The fraction of sp³-hybridized carbons (Fsp3) is 0.150. The molecule has 4 rings (SSSR count). The summed E-state index contributed by atoms with van der Waals surface area (Å²) >= 11 is 6.17. The number of hydrogen-bond acceptors (Lipinski definition) is 5. The van der Waals surface area contributed by atoms with E-state index in [1.807, 2.05) is 42.5 Å². The van der Waals surface area contributed by atoms with Crippen molar-refractivity contribution in [1.82, 2.24) is 9.55 Å². The minimum atomic E-state index is -0.462. The maximum absolute atomic E-state index is 12.7. The van der Waals surface area contributed by atoms with Crippen molar-refractivity contribution in [1.29, 1.82) is 0 Å². The van der Waals surface area contributed by atoms with Gasteiger partial charge in [-0.25, -0.2) is 20.2 Å². The number of anilines is 2. The van der Waals surface area contributed by atoms with E-state index in [9.17, 15) is 4.79 Å². The number of rotatable bonds is 3. The first-order valence-corrected chi connectivity index (χ1v) is 9.08. The maximum atomic E-state index is 12.7. The van der Waals surface area contributed by atoms with Crippen LogP contribution in [0, 0.1) is 6.92 Å². The molecule has 0 aliphatic carbocycles. The molecule has 1 atom stereocenters. The number of methoxy groups -OCH3 is 1. The topological polar surface area (TPSA) is 82.2 Å². The largest absolute Gasteiger partial charge is 0.497 e. The number of halogens is 1. The van der Waals surface area contributed by atoms with Gasteiger partial charge < -0.3 is 4.74 Å². The van der Waals surface area contributed by atoms with Crippen molar-refractivity contribution in [2.24, 2.45) is 0 Å². The predicted molar refractivity (Wildman–Crippen MR) is 109 cm³/mol. The van der Waals surface area contributed by atoms with Crippen LogP contribution in [-0.2, 0) is 0 Å². The second-order valence-electron chi connectivity index (χ2n) is 6.38. The zero-order valence-corrected chi connectivity index (χ0v) is 16.1. The van der Waals surface area contributed by atoms with Crippen molar-refractivity contribution in [3.8, 4) is 5.75 Å². The number of guanidine groups is 1. The fourth-order valence-electron chi connectivity index (χ4n) is 3.09. The minimum absolute atomic E-state index is 0.157. The van der Waals surface area contributed by atoms with Crippen molar-refractivity contribution in [3.05, 3.63) is 81.2 Å². The molecule has 0 unspecified atom stereocenters. The molecule has 8 heteroatoms. The average molecular weight is 397 g/mol. The molecule has 7 nitrogen and oxygen atoms in total. The molecule has 0 saturated heterocycles. The summed E-state index contributed by atoms with van der Waals surface area (Å²) in [6, 6.07) is 16.4. The Morgan fingerprint density at radius 1 is 1.21 bits per heavy atom. The van der Waals surface area contributed by atoms with Gasteiger partial charge in [0, 0.05) is 22.3 Å². The molecule has 3 N–H and O–H groups in total. The Hall–Kier alpha value is -3.32. The summed E-state index contributed by atoms with van der Waals surface area (Å²) in [6.45, 7) is 1.79. The second kappa shape index (κ2) is 7.36. The lowest BCUT2D eigenvalue weighted by Crippen LogP contribution is -2.82. The van der Waals surface area contributed by atoms with Crippen LogP contribution in [0.2, 0.25) is 5.02 Å². The van der Waals surface area contributed by atoms with Gasteiger partial charge in [-0.2, -0.15) is 0 Å². The molecule has 1 aromatic heterocycles. The third kappa shape index (κ3) is 3.57. The molecule has 28 heavy (non-hydrogen) atoms. The monoisotopic (exact) mass is 396 g/mol. The van der Waals surface area contributed by atoms with Gasteiger partial charge in [0.2, 0.25) is 0 Å². The quantitative estimate of drug-likeness (QED) is 0.628. The highest BCUT2D eigenvalue weighted by Crippen LogP contribution is 2.20. The number of nitrogens with one attached hydrogen (secondary N) is 3. The Bertz CT molecular complexity index is 1110. The summed E-state index contributed by atoms with van der Waals surface area (Å²) in [5.74, 6) is 1.82. The van der Waals surface area contributed by atoms with Crippen LogP contribution in [0.1, 0.15) is 17.4 Å². The van der Waals surface area contributed by atoms with Crippen LogP contribution < -0.4 is 25.9 Å². The Labute approximate surface area is 166 Å². The lowest BCUT2D eigenvalue weighted by molar-refractivity contribution is -0.520. The van der Waals surface area contributed by atoms with Gasteiger partial charge >= 0.3 is 5.96 Å². The number of aromatic nitrogens is 2. The number of ether oxygens (including phenoxy) is 1.